The van der Waals surface area contributed by atoms with Crippen LogP contribution < -0.4 is 5.32 Å². The van der Waals surface area contributed by atoms with Gasteiger partial charge in [0.1, 0.15) is 0 Å². The van der Waals surface area contributed by atoms with Gasteiger partial charge >= 0.3 is 0 Å². The molecule has 1 amide bonds. The first kappa shape index (κ1) is 18.5. The lowest BCUT2D eigenvalue weighted by Gasteiger charge is -2.02. The van der Waals surface area contributed by atoms with E-state index in [-0.39, 0.29) is 12.3 Å². The molecule has 0 spiro atoms. The van der Waals surface area contributed by atoms with Gasteiger partial charge in [-0.2, -0.15) is 10.1 Å². The normalized spacial score (nSPS) is 10.8. The van der Waals surface area contributed by atoms with Crippen LogP contribution in [0, 0.1) is 0 Å². The van der Waals surface area contributed by atoms with Gasteiger partial charge < -0.3 is 9.84 Å². The van der Waals surface area contributed by atoms with Gasteiger partial charge in [-0.25, -0.2) is 0 Å². The third-order valence-electron chi connectivity index (χ3n) is 4.34. The zero-order valence-electron chi connectivity index (χ0n) is 15.7. The van der Waals surface area contributed by atoms with Crippen LogP contribution in [0.25, 0.3) is 11.4 Å². The lowest BCUT2D eigenvalue weighted by molar-refractivity contribution is -0.121. The molecule has 4 aromatic rings. The zero-order chi connectivity index (χ0) is 19.9. The van der Waals surface area contributed by atoms with Gasteiger partial charge in [-0.3, -0.25) is 14.5 Å². The average molecular weight is 388 g/mol. The number of pyridine rings is 1. The summed E-state index contributed by atoms with van der Waals surface area (Å²) < 4.78 is 7.07. The maximum atomic E-state index is 12.1. The quantitative estimate of drug-likeness (QED) is 0.498. The van der Waals surface area contributed by atoms with E-state index in [4.69, 9.17) is 4.52 Å². The Hall–Kier alpha value is -3.81. The Morgan fingerprint density at radius 3 is 2.72 bits per heavy atom. The van der Waals surface area contributed by atoms with Gasteiger partial charge in [0.05, 0.1) is 12.7 Å². The van der Waals surface area contributed by atoms with Crippen LogP contribution in [0.3, 0.4) is 0 Å². The third kappa shape index (κ3) is 5.13. The Morgan fingerprint density at radius 1 is 1.07 bits per heavy atom. The van der Waals surface area contributed by atoms with E-state index in [1.165, 1.54) is 5.56 Å². The molecule has 0 saturated heterocycles. The first-order chi connectivity index (χ1) is 14.3. The minimum absolute atomic E-state index is 0.0792. The van der Waals surface area contributed by atoms with E-state index in [1.54, 1.807) is 30.7 Å². The van der Waals surface area contributed by atoms with Crippen LogP contribution in [0.15, 0.2) is 71.8 Å². The van der Waals surface area contributed by atoms with Gasteiger partial charge in [-0.15, -0.1) is 0 Å². The van der Waals surface area contributed by atoms with E-state index in [1.807, 2.05) is 29.1 Å². The molecule has 0 atom stereocenters. The summed E-state index contributed by atoms with van der Waals surface area (Å²) in [6.07, 6.45) is 7.70. The molecule has 8 nitrogen and oxygen atoms in total. The highest BCUT2D eigenvalue weighted by Crippen LogP contribution is 2.14. The van der Waals surface area contributed by atoms with Crippen LogP contribution in [0.2, 0.25) is 0 Å². The number of benzene rings is 1. The van der Waals surface area contributed by atoms with Crippen molar-refractivity contribution in [3.8, 4) is 11.4 Å². The molecule has 3 aromatic heterocycles. The maximum absolute atomic E-state index is 12.1. The number of hydrogen-bond donors (Lipinski definition) is 1. The molecule has 8 heteroatoms. The van der Waals surface area contributed by atoms with E-state index in [0.29, 0.717) is 31.2 Å². The molecule has 0 radical (unpaired) electrons. The number of nitrogens with one attached hydrogen (secondary N) is 1. The fourth-order valence-corrected chi connectivity index (χ4v) is 2.84. The van der Waals surface area contributed by atoms with Crippen molar-refractivity contribution in [3.63, 3.8) is 0 Å². The number of aromatic nitrogens is 5. The molecule has 0 aliphatic rings. The number of aryl methyl sites for hydroxylation is 1. The van der Waals surface area contributed by atoms with Crippen molar-refractivity contribution in [2.45, 2.75) is 25.9 Å². The van der Waals surface area contributed by atoms with Crippen LogP contribution >= 0.6 is 0 Å². The summed E-state index contributed by atoms with van der Waals surface area (Å²) in [5.41, 5.74) is 2.95. The summed E-state index contributed by atoms with van der Waals surface area (Å²) in [7, 11) is 0. The summed E-state index contributed by atoms with van der Waals surface area (Å²) in [4.78, 5) is 20.4. The molecule has 0 bridgehead atoms. The van der Waals surface area contributed by atoms with Crippen molar-refractivity contribution in [3.05, 3.63) is 84.3 Å². The van der Waals surface area contributed by atoms with E-state index >= 15 is 0 Å². The first-order valence-electron chi connectivity index (χ1n) is 9.31. The molecule has 0 aliphatic carbocycles. The van der Waals surface area contributed by atoms with Gasteiger partial charge in [0, 0.05) is 49.1 Å². The molecule has 29 heavy (non-hydrogen) atoms. The van der Waals surface area contributed by atoms with Gasteiger partial charge in [0.25, 0.3) is 0 Å². The van der Waals surface area contributed by atoms with E-state index in [0.717, 1.165) is 11.1 Å². The maximum Gasteiger partial charge on any atom is 0.227 e. The highest BCUT2D eigenvalue weighted by atomic mass is 16.5. The standard InChI is InChI=1S/C21H20N6O2/c28-19(6-7-20-25-21(26-29-20)18-8-10-22-11-9-18)23-12-17-13-24-27(15-17)14-16-4-2-1-3-5-16/h1-5,8-11,13,15H,6-7,12,14H2,(H,23,28). The minimum Gasteiger partial charge on any atom is -0.352 e. The molecule has 146 valence electrons. The Balaban J connectivity index is 1.23. The van der Waals surface area contributed by atoms with Crippen molar-refractivity contribution in [2.24, 2.45) is 0 Å². The monoisotopic (exact) mass is 388 g/mol. The topological polar surface area (TPSA) is 98.7 Å². The van der Waals surface area contributed by atoms with Crippen molar-refractivity contribution in [1.29, 1.82) is 0 Å². The second-order valence-corrected chi connectivity index (χ2v) is 6.56. The van der Waals surface area contributed by atoms with E-state index < -0.39 is 0 Å². The van der Waals surface area contributed by atoms with Gasteiger partial charge in [-0.05, 0) is 17.7 Å². The van der Waals surface area contributed by atoms with Crippen molar-refractivity contribution < 1.29 is 9.32 Å². The highest BCUT2D eigenvalue weighted by Gasteiger charge is 2.11. The summed E-state index contributed by atoms with van der Waals surface area (Å²) in [5.74, 6) is 0.848. The Labute approximate surface area is 167 Å². The van der Waals surface area contributed by atoms with Gasteiger partial charge in [0.2, 0.25) is 17.6 Å². The Bertz CT molecular complexity index is 1060. The van der Waals surface area contributed by atoms with E-state index in [2.05, 4.69) is 37.7 Å². The number of rotatable bonds is 8. The van der Waals surface area contributed by atoms with Crippen LogP contribution in [-0.4, -0.2) is 30.8 Å². The summed E-state index contributed by atoms with van der Waals surface area (Å²) in [6.45, 7) is 1.13. The molecule has 0 fully saturated rings. The largest absolute Gasteiger partial charge is 0.352 e. The minimum atomic E-state index is -0.0792. The molecule has 0 saturated carbocycles. The molecule has 4 rings (SSSR count). The lowest BCUT2D eigenvalue weighted by Crippen LogP contribution is -2.22. The third-order valence-corrected chi connectivity index (χ3v) is 4.34. The van der Waals surface area contributed by atoms with Crippen LogP contribution in [0.4, 0.5) is 0 Å². The van der Waals surface area contributed by atoms with Crippen LogP contribution in [0.5, 0.6) is 0 Å². The SMILES string of the molecule is O=C(CCc1nc(-c2ccncc2)no1)NCc1cnn(Cc2ccccc2)c1. The van der Waals surface area contributed by atoms with E-state index in [9.17, 15) is 4.79 Å². The molecular formula is C21H20N6O2. The molecule has 3 heterocycles. The fraction of sp³-hybridized carbons (Fsp3) is 0.190. The number of carbonyl (C=O) groups is 1. The van der Waals surface area contributed by atoms with Crippen LogP contribution in [-0.2, 0) is 24.3 Å². The van der Waals surface area contributed by atoms with Gasteiger partial charge in [-0.1, -0.05) is 35.5 Å². The van der Waals surface area contributed by atoms with Crippen molar-refractivity contribution >= 4 is 5.91 Å². The van der Waals surface area contributed by atoms with Crippen LogP contribution in [0.1, 0.15) is 23.4 Å². The Kier molecular flexibility index (Phi) is 5.70. The lowest BCUT2D eigenvalue weighted by atomic mass is 10.2. The molecule has 0 aliphatic heterocycles. The highest BCUT2D eigenvalue weighted by molar-refractivity contribution is 5.76. The first-order valence-corrected chi connectivity index (χ1v) is 9.31. The van der Waals surface area contributed by atoms with Gasteiger partial charge in [0.15, 0.2) is 0 Å². The summed E-state index contributed by atoms with van der Waals surface area (Å²) in [5, 5.41) is 11.2. The number of amides is 1. The predicted molar refractivity (Wildman–Crippen MR) is 105 cm³/mol. The number of hydrogen-bond acceptors (Lipinski definition) is 6. The smallest absolute Gasteiger partial charge is 0.227 e. The van der Waals surface area contributed by atoms with Crippen molar-refractivity contribution in [1.82, 2.24) is 30.2 Å². The number of carbonyl (C=O) groups excluding carboxylic acids is 1. The molecule has 1 N–H and O–H groups in total. The summed E-state index contributed by atoms with van der Waals surface area (Å²) in [6, 6.07) is 13.7. The summed E-state index contributed by atoms with van der Waals surface area (Å²) >= 11 is 0. The second kappa shape index (κ2) is 8.92. The second-order valence-electron chi connectivity index (χ2n) is 6.56. The number of nitrogens with zero attached hydrogens (tertiary/aromatic N) is 5. The molecule has 1 aromatic carbocycles. The Morgan fingerprint density at radius 2 is 1.90 bits per heavy atom. The predicted octanol–water partition coefficient (Wildman–Crippen LogP) is 2.63. The fourth-order valence-electron chi connectivity index (χ4n) is 2.84. The van der Waals surface area contributed by atoms with Crippen molar-refractivity contribution in [2.75, 3.05) is 0 Å². The average Bonchev–Trinajstić information content (AvgIpc) is 3.42. The zero-order valence-corrected chi connectivity index (χ0v) is 15.7. The molecular weight excluding hydrogens is 368 g/mol. The molecule has 0 unspecified atom stereocenters.